The number of hydrogen-bond donors (Lipinski definition) is 2. The summed E-state index contributed by atoms with van der Waals surface area (Å²) in [6.07, 6.45) is 0. The van der Waals surface area contributed by atoms with Crippen LogP contribution in [-0.2, 0) is 6.54 Å². The summed E-state index contributed by atoms with van der Waals surface area (Å²) in [5, 5.41) is 9.49. The van der Waals surface area contributed by atoms with Gasteiger partial charge in [-0.2, -0.15) is 0 Å². The fourth-order valence-electron chi connectivity index (χ4n) is 1.96. The molecular weight excluding hydrogens is 276 g/mol. The third-order valence-corrected chi connectivity index (χ3v) is 3.26. The molecule has 0 fully saturated rings. The highest BCUT2D eigenvalue weighted by molar-refractivity contribution is 6.31. The highest BCUT2D eigenvalue weighted by atomic mass is 35.5. The lowest BCUT2D eigenvalue weighted by molar-refractivity contribution is 0.0697. The molecule has 5 heteroatoms. The van der Waals surface area contributed by atoms with E-state index in [1.807, 2.05) is 18.0 Å². The number of hydrogen-bond acceptors (Lipinski definition) is 3. The van der Waals surface area contributed by atoms with Crippen molar-refractivity contribution in [3.63, 3.8) is 0 Å². The summed E-state index contributed by atoms with van der Waals surface area (Å²) in [6.45, 7) is 0.616. The third-order valence-electron chi connectivity index (χ3n) is 3.02. The van der Waals surface area contributed by atoms with Gasteiger partial charge in [0.1, 0.15) is 0 Å². The Hall–Kier alpha value is -2.20. The van der Waals surface area contributed by atoms with Gasteiger partial charge >= 0.3 is 5.97 Å². The fraction of sp³-hybridized carbons (Fsp3) is 0.133. The maximum absolute atomic E-state index is 10.8. The van der Waals surface area contributed by atoms with Gasteiger partial charge in [0.15, 0.2) is 0 Å². The molecule has 2 aromatic rings. The van der Waals surface area contributed by atoms with Crippen LogP contribution in [0.25, 0.3) is 0 Å². The van der Waals surface area contributed by atoms with Crippen LogP contribution < -0.4 is 10.6 Å². The smallest absolute Gasteiger partial charge is 0.335 e. The molecule has 0 aliphatic rings. The minimum absolute atomic E-state index is 0.277. The van der Waals surface area contributed by atoms with Crippen LogP contribution in [0.5, 0.6) is 0 Å². The average Bonchev–Trinajstić information content (AvgIpc) is 2.42. The summed E-state index contributed by atoms with van der Waals surface area (Å²) >= 11 is 5.97. The van der Waals surface area contributed by atoms with Gasteiger partial charge in [0.2, 0.25) is 0 Å². The molecule has 0 saturated heterocycles. The second-order valence-corrected chi connectivity index (χ2v) is 5.00. The first-order chi connectivity index (χ1) is 9.47. The molecule has 0 aliphatic heterocycles. The number of rotatable bonds is 4. The number of carboxylic acid groups (broad SMARTS) is 1. The van der Waals surface area contributed by atoms with Gasteiger partial charge in [-0.25, -0.2) is 4.79 Å². The van der Waals surface area contributed by atoms with Crippen molar-refractivity contribution in [1.29, 1.82) is 0 Å². The predicted molar refractivity (Wildman–Crippen MR) is 81.4 cm³/mol. The van der Waals surface area contributed by atoms with Crippen molar-refractivity contribution in [3.05, 3.63) is 58.6 Å². The minimum Gasteiger partial charge on any atom is -0.478 e. The molecule has 4 nitrogen and oxygen atoms in total. The van der Waals surface area contributed by atoms with Gasteiger partial charge in [0, 0.05) is 18.6 Å². The van der Waals surface area contributed by atoms with Crippen molar-refractivity contribution in [2.24, 2.45) is 0 Å². The van der Waals surface area contributed by atoms with Gasteiger partial charge in [-0.15, -0.1) is 0 Å². The lowest BCUT2D eigenvalue weighted by atomic mass is 10.1. The molecule has 0 aliphatic carbocycles. The van der Waals surface area contributed by atoms with Gasteiger partial charge < -0.3 is 15.7 Å². The Kier molecular flexibility index (Phi) is 4.15. The van der Waals surface area contributed by atoms with Crippen LogP contribution in [0.15, 0.2) is 42.5 Å². The van der Waals surface area contributed by atoms with Gasteiger partial charge in [-0.05, 0) is 35.9 Å². The molecule has 0 unspecified atom stereocenters. The molecule has 2 rings (SSSR count). The first kappa shape index (κ1) is 14.2. The molecule has 0 aromatic heterocycles. The molecule has 20 heavy (non-hydrogen) atoms. The van der Waals surface area contributed by atoms with E-state index in [2.05, 4.69) is 0 Å². The molecular formula is C15H15ClN2O2. The normalized spacial score (nSPS) is 10.3. The Labute approximate surface area is 122 Å². The van der Waals surface area contributed by atoms with Crippen LogP contribution in [0.4, 0.5) is 11.4 Å². The lowest BCUT2D eigenvalue weighted by Crippen LogP contribution is -2.17. The monoisotopic (exact) mass is 290 g/mol. The summed E-state index contributed by atoms with van der Waals surface area (Å²) in [4.78, 5) is 12.8. The number of aromatic carboxylic acids is 1. The SMILES string of the molecule is CN(Cc1ccc(C(=O)O)cc1)c1cc(Cl)ccc1N. The highest BCUT2D eigenvalue weighted by Crippen LogP contribution is 2.27. The van der Waals surface area contributed by atoms with Gasteiger partial charge in [-0.1, -0.05) is 23.7 Å². The van der Waals surface area contributed by atoms with Gasteiger partial charge in [-0.3, -0.25) is 0 Å². The number of carbonyl (C=O) groups is 1. The molecule has 0 heterocycles. The van der Waals surface area contributed by atoms with E-state index in [9.17, 15) is 4.79 Å². The Balaban J connectivity index is 2.16. The quantitative estimate of drug-likeness (QED) is 0.848. The number of carboxylic acids is 1. The number of anilines is 2. The summed E-state index contributed by atoms with van der Waals surface area (Å²) in [7, 11) is 1.91. The second-order valence-electron chi connectivity index (χ2n) is 4.56. The van der Waals surface area contributed by atoms with E-state index in [1.165, 1.54) is 0 Å². The van der Waals surface area contributed by atoms with Crippen molar-refractivity contribution in [2.45, 2.75) is 6.54 Å². The zero-order valence-electron chi connectivity index (χ0n) is 11.0. The van der Waals surface area contributed by atoms with Gasteiger partial charge in [0.05, 0.1) is 16.9 Å². The van der Waals surface area contributed by atoms with E-state index < -0.39 is 5.97 Å². The standard InChI is InChI=1S/C15H15ClN2O2/c1-18(14-8-12(16)6-7-13(14)17)9-10-2-4-11(5-3-10)15(19)20/h2-8H,9,17H2,1H3,(H,19,20). The van der Waals surface area contributed by atoms with E-state index in [0.717, 1.165) is 11.3 Å². The summed E-state index contributed by atoms with van der Waals surface area (Å²) in [6, 6.07) is 12.1. The van der Waals surface area contributed by atoms with Crippen LogP contribution in [0.2, 0.25) is 5.02 Å². The largest absolute Gasteiger partial charge is 0.478 e. The van der Waals surface area contributed by atoms with Crippen molar-refractivity contribution < 1.29 is 9.90 Å². The molecule has 0 atom stereocenters. The number of nitrogens with zero attached hydrogens (tertiary/aromatic N) is 1. The van der Waals surface area contributed by atoms with Gasteiger partial charge in [0.25, 0.3) is 0 Å². The van der Waals surface area contributed by atoms with E-state index in [0.29, 0.717) is 17.3 Å². The van der Waals surface area contributed by atoms with Crippen molar-refractivity contribution in [3.8, 4) is 0 Å². The van der Waals surface area contributed by atoms with Crippen LogP contribution in [0.3, 0.4) is 0 Å². The fourth-order valence-corrected chi connectivity index (χ4v) is 2.13. The van der Waals surface area contributed by atoms with E-state index in [-0.39, 0.29) is 5.56 Å². The van der Waals surface area contributed by atoms with Crippen molar-refractivity contribution in [1.82, 2.24) is 0 Å². The number of nitrogens with two attached hydrogens (primary N) is 1. The van der Waals surface area contributed by atoms with Crippen molar-refractivity contribution >= 4 is 28.9 Å². The summed E-state index contributed by atoms with van der Waals surface area (Å²) < 4.78 is 0. The average molecular weight is 291 g/mol. The Morgan fingerprint density at radius 3 is 2.50 bits per heavy atom. The molecule has 0 spiro atoms. The number of nitrogen functional groups attached to an aromatic ring is 1. The number of benzene rings is 2. The maximum Gasteiger partial charge on any atom is 0.335 e. The predicted octanol–water partition coefficient (Wildman–Crippen LogP) is 3.26. The first-order valence-electron chi connectivity index (χ1n) is 6.06. The van der Waals surface area contributed by atoms with E-state index in [1.54, 1.807) is 36.4 Å². The van der Waals surface area contributed by atoms with E-state index in [4.69, 9.17) is 22.4 Å². The highest BCUT2D eigenvalue weighted by Gasteiger charge is 2.08. The maximum atomic E-state index is 10.8. The second kappa shape index (κ2) is 5.84. The van der Waals surface area contributed by atoms with E-state index >= 15 is 0 Å². The Morgan fingerprint density at radius 2 is 1.90 bits per heavy atom. The zero-order valence-corrected chi connectivity index (χ0v) is 11.8. The molecule has 0 amide bonds. The molecule has 104 valence electrons. The Bertz CT molecular complexity index is 626. The summed E-state index contributed by atoms with van der Waals surface area (Å²) in [5.41, 5.74) is 8.70. The zero-order chi connectivity index (χ0) is 14.7. The molecule has 3 N–H and O–H groups in total. The topological polar surface area (TPSA) is 66.6 Å². The van der Waals surface area contributed by atoms with Crippen LogP contribution >= 0.6 is 11.6 Å². The lowest BCUT2D eigenvalue weighted by Gasteiger charge is -2.21. The van der Waals surface area contributed by atoms with Crippen LogP contribution in [0.1, 0.15) is 15.9 Å². The van der Waals surface area contributed by atoms with Crippen molar-refractivity contribution in [2.75, 3.05) is 17.7 Å². The minimum atomic E-state index is -0.927. The number of halogens is 1. The molecule has 0 saturated carbocycles. The molecule has 0 radical (unpaired) electrons. The molecule has 0 bridgehead atoms. The third kappa shape index (κ3) is 3.22. The first-order valence-corrected chi connectivity index (χ1v) is 6.43. The summed E-state index contributed by atoms with van der Waals surface area (Å²) in [5.74, 6) is -0.927. The van der Waals surface area contributed by atoms with Crippen LogP contribution in [-0.4, -0.2) is 18.1 Å². The Morgan fingerprint density at radius 1 is 1.25 bits per heavy atom. The molecule has 2 aromatic carbocycles. The van der Waals surface area contributed by atoms with Crippen LogP contribution in [0, 0.1) is 0 Å².